The van der Waals surface area contributed by atoms with Crippen LogP contribution in [0.25, 0.3) is 11.3 Å². The average Bonchev–Trinajstić information content (AvgIpc) is 3.14. The van der Waals surface area contributed by atoms with Crippen molar-refractivity contribution < 1.29 is 22.8 Å². The van der Waals surface area contributed by atoms with Crippen molar-refractivity contribution in [3.8, 4) is 11.3 Å². The molecule has 3 amide bonds. The summed E-state index contributed by atoms with van der Waals surface area (Å²) in [6.45, 7) is 9.71. The molecule has 0 radical (unpaired) electrons. The average molecular weight is 700 g/mol. The van der Waals surface area contributed by atoms with Crippen molar-refractivity contribution in [3.63, 3.8) is 0 Å². The third-order valence-electron chi connectivity index (χ3n) is 9.48. The molecule has 2 N–H and O–H groups in total. The molecule has 1 aromatic heterocycles. The monoisotopic (exact) mass is 699 g/mol. The Labute approximate surface area is 296 Å². The lowest BCUT2D eigenvalue weighted by Gasteiger charge is -2.40. The molecule has 3 aliphatic rings. The van der Waals surface area contributed by atoms with Gasteiger partial charge < -0.3 is 20.4 Å². The van der Waals surface area contributed by atoms with Crippen molar-refractivity contribution in [2.45, 2.75) is 71.9 Å². The van der Waals surface area contributed by atoms with E-state index < -0.39 is 35.1 Å². The van der Waals surface area contributed by atoms with Crippen LogP contribution in [0.2, 0.25) is 0 Å². The number of benzene rings is 3. The third kappa shape index (κ3) is 7.85. The van der Waals surface area contributed by atoms with Gasteiger partial charge in [0.15, 0.2) is 5.82 Å². The minimum atomic E-state index is -0.905. The first kappa shape index (κ1) is 35.8. The summed E-state index contributed by atoms with van der Waals surface area (Å²) in [6.07, 6.45) is 6.77. The summed E-state index contributed by atoms with van der Waals surface area (Å²) in [7, 11) is 0. The first-order valence-corrected chi connectivity index (χ1v) is 17.8. The Morgan fingerprint density at radius 2 is 1.57 bits per heavy atom. The van der Waals surface area contributed by atoms with Gasteiger partial charge in [-0.1, -0.05) is 38.8 Å². The van der Waals surface area contributed by atoms with Gasteiger partial charge >= 0.3 is 6.03 Å². The summed E-state index contributed by atoms with van der Waals surface area (Å²) < 4.78 is 43.9. The summed E-state index contributed by atoms with van der Waals surface area (Å²) in [6, 6.07) is 13.8. The number of para-hydroxylation sites is 1. The van der Waals surface area contributed by atoms with E-state index in [9.17, 15) is 14.0 Å². The lowest BCUT2D eigenvalue weighted by Crippen LogP contribution is -2.47. The number of amides is 3. The molecule has 4 aromatic rings. The Kier molecular flexibility index (Phi) is 11.2. The molecule has 4 heterocycles. The van der Waals surface area contributed by atoms with Crippen molar-refractivity contribution in [2.24, 2.45) is 0 Å². The topological polar surface area (TPSA) is 93.7 Å². The molecule has 3 aliphatic heterocycles. The van der Waals surface area contributed by atoms with Crippen molar-refractivity contribution in [1.82, 2.24) is 20.2 Å². The molecule has 0 spiro atoms. The predicted octanol–water partition coefficient (Wildman–Crippen LogP) is 8.35. The lowest BCUT2D eigenvalue weighted by molar-refractivity contribution is 0.102. The Hall–Kier alpha value is -4.97. The van der Waals surface area contributed by atoms with E-state index in [1.807, 2.05) is 6.92 Å². The van der Waals surface area contributed by atoms with Crippen LogP contribution in [0.4, 0.5) is 41.1 Å². The van der Waals surface area contributed by atoms with Gasteiger partial charge in [-0.15, -0.1) is 0 Å². The molecule has 0 atom stereocenters. The maximum absolute atomic E-state index is 15.2. The highest BCUT2D eigenvalue weighted by Gasteiger charge is 2.36. The largest absolute Gasteiger partial charge is 0.341 e. The van der Waals surface area contributed by atoms with E-state index in [-0.39, 0.29) is 12.4 Å². The fourth-order valence-corrected chi connectivity index (χ4v) is 6.89. The number of aryl methyl sites for hydroxylation is 1. The van der Waals surface area contributed by atoms with Crippen LogP contribution in [-0.4, -0.2) is 59.0 Å². The van der Waals surface area contributed by atoms with Gasteiger partial charge in [0.05, 0.1) is 12.2 Å². The van der Waals surface area contributed by atoms with Gasteiger partial charge in [0.1, 0.15) is 23.1 Å². The second-order valence-corrected chi connectivity index (χ2v) is 13.3. The number of piperidine rings is 2. The Balaban J connectivity index is 0.00000144. The van der Waals surface area contributed by atoms with Crippen molar-refractivity contribution in [2.75, 3.05) is 41.3 Å². The number of nitrogens with one attached hydrogen (secondary N) is 2. The number of aromatic nitrogens is 2. The van der Waals surface area contributed by atoms with E-state index in [4.69, 9.17) is 9.97 Å². The van der Waals surface area contributed by atoms with E-state index in [0.717, 1.165) is 48.5 Å². The van der Waals surface area contributed by atoms with E-state index in [1.165, 1.54) is 56.0 Å². The zero-order valence-corrected chi connectivity index (χ0v) is 29.3. The fourth-order valence-electron chi connectivity index (χ4n) is 6.89. The zero-order chi connectivity index (χ0) is 36.1. The van der Waals surface area contributed by atoms with Crippen LogP contribution < -0.4 is 20.4 Å². The van der Waals surface area contributed by atoms with Crippen molar-refractivity contribution >= 4 is 35.1 Å². The zero-order valence-electron chi connectivity index (χ0n) is 29.3. The quantitative estimate of drug-likeness (QED) is 0.210. The maximum Gasteiger partial charge on any atom is 0.328 e. The van der Waals surface area contributed by atoms with Gasteiger partial charge in [-0.3, -0.25) is 4.79 Å². The molecule has 12 heteroatoms. The van der Waals surface area contributed by atoms with Gasteiger partial charge in [-0.25, -0.2) is 27.8 Å². The fraction of sp³-hybridized carbons (Fsp3) is 0.385. The van der Waals surface area contributed by atoms with E-state index in [0.29, 0.717) is 53.2 Å². The van der Waals surface area contributed by atoms with Gasteiger partial charge in [0, 0.05) is 41.5 Å². The molecule has 268 valence electrons. The predicted molar refractivity (Wildman–Crippen MR) is 194 cm³/mol. The number of urea groups is 1. The second kappa shape index (κ2) is 15.9. The van der Waals surface area contributed by atoms with E-state index in [2.05, 4.69) is 34.3 Å². The van der Waals surface area contributed by atoms with Crippen molar-refractivity contribution in [1.29, 1.82) is 0 Å². The normalized spacial score (nSPS) is 16.5. The molecule has 0 unspecified atom stereocenters. The van der Waals surface area contributed by atoms with Crippen molar-refractivity contribution in [3.05, 3.63) is 94.8 Å². The summed E-state index contributed by atoms with van der Waals surface area (Å²) in [4.78, 5) is 42.1. The molecule has 7 rings (SSSR count). The standard InChI is InChI=1S/C36H36F3N7O2.C3H8/c1-22-8-9-23(34(47)41-25-12-10-24(37)11-13-25)20-27(22)31-28-21-40-36(48)46(32-29(38)6-5-7-30(32)39)33(28)43-35(42-31)45-18-14-26(15-19-45)44-16-3-2-4-17-44;1-3-2/h5-13,20,26H,2-4,14-19,21H2,1H3,(H,40,48)(H,41,47);3H2,1-2H3. The number of hydrogen-bond acceptors (Lipinski definition) is 6. The first-order valence-electron chi connectivity index (χ1n) is 17.8. The number of likely N-dealkylation sites (tertiary alicyclic amines) is 1. The maximum atomic E-state index is 15.2. The molecule has 2 saturated heterocycles. The third-order valence-corrected chi connectivity index (χ3v) is 9.48. The van der Waals surface area contributed by atoms with E-state index >= 15 is 8.78 Å². The highest BCUT2D eigenvalue weighted by molar-refractivity contribution is 6.06. The number of carbonyl (C=O) groups is 2. The highest BCUT2D eigenvalue weighted by atomic mass is 19.1. The van der Waals surface area contributed by atoms with Crippen LogP contribution in [0.1, 0.15) is 73.9 Å². The molecular formula is C39H44F3N7O2. The molecule has 0 bridgehead atoms. The highest BCUT2D eigenvalue weighted by Crippen LogP contribution is 2.40. The smallest absolute Gasteiger partial charge is 0.328 e. The Bertz CT molecular complexity index is 1850. The van der Waals surface area contributed by atoms with Gasteiger partial charge in [0.25, 0.3) is 5.91 Å². The van der Waals surface area contributed by atoms with Gasteiger partial charge in [-0.05, 0) is 99.8 Å². The Morgan fingerprint density at radius 1 is 0.902 bits per heavy atom. The van der Waals surface area contributed by atoms with Crippen LogP contribution >= 0.6 is 0 Å². The van der Waals surface area contributed by atoms with Crippen LogP contribution in [0, 0.1) is 24.4 Å². The lowest BCUT2D eigenvalue weighted by atomic mass is 9.97. The van der Waals surface area contributed by atoms with Crippen LogP contribution in [0.3, 0.4) is 0 Å². The number of nitrogens with zero attached hydrogens (tertiary/aromatic N) is 5. The van der Waals surface area contributed by atoms with Crippen LogP contribution in [0.15, 0.2) is 60.7 Å². The number of halogens is 3. The summed E-state index contributed by atoms with van der Waals surface area (Å²) in [5.74, 6) is -2.20. The second-order valence-electron chi connectivity index (χ2n) is 13.3. The first-order chi connectivity index (χ1) is 24.7. The number of carbonyl (C=O) groups excluding carboxylic acids is 2. The summed E-state index contributed by atoms with van der Waals surface area (Å²) >= 11 is 0. The number of hydrogen-bond donors (Lipinski definition) is 2. The van der Waals surface area contributed by atoms with Crippen LogP contribution in [0.5, 0.6) is 0 Å². The number of fused-ring (bicyclic) bond motifs is 1. The van der Waals surface area contributed by atoms with Crippen LogP contribution in [-0.2, 0) is 6.54 Å². The van der Waals surface area contributed by atoms with Gasteiger partial charge in [0.2, 0.25) is 5.95 Å². The molecule has 0 aliphatic carbocycles. The summed E-state index contributed by atoms with van der Waals surface area (Å²) in [5, 5.41) is 5.52. The van der Waals surface area contributed by atoms with E-state index in [1.54, 1.807) is 18.2 Å². The van der Waals surface area contributed by atoms with Gasteiger partial charge in [-0.2, -0.15) is 4.98 Å². The Morgan fingerprint density at radius 3 is 2.24 bits per heavy atom. The summed E-state index contributed by atoms with van der Waals surface area (Å²) in [5.41, 5.74) is 2.54. The molecular weight excluding hydrogens is 655 g/mol. The molecule has 51 heavy (non-hydrogen) atoms. The minimum absolute atomic E-state index is 0.0127. The number of anilines is 4. The SMILES string of the molecule is CCC.Cc1ccc(C(=O)Nc2ccc(F)cc2)cc1-c1nc(N2CCC(N3CCCCC3)CC2)nc2c1CNC(=O)N2c1c(F)cccc1F. The molecule has 9 nitrogen and oxygen atoms in total. The molecule has 3 aromatic carbocycles. The molecule has 0 saturated carbocycles. The molecule has 2 fully saturated rings. The number of rotatable bonds is 6. The minimum Gasteiger partial charge on any atom is -0.341 e.